The lowest BCUT2D eigenvalue weighted by molar-refractivity contribution is -0.137. The maximum absolute atomic E-state index is 13.0. The van der Waals surface area contributed by atoms with Crippen molar-refractivity contribution in [2.75, 3.05) is 5.32 Å². The lowest BCUT2D eigenvalue weighted by Gasteiger charge is -2.38. The minimum absolute atomic E-state index is 0.207. The van der Waals surface area contributed by atoms with Gasteiger partial charge in [-0.2, -0.15) is 13.2 Å². The molecule has 0 aromatic heterocycles. The second-order valence-electron chi connectivity index (χ2n) is 7.75. The standard InChI is InChI=1S/C21H21F3N2O3S/c22-21(23,24)14-6-8-15(9-7-14)25-20(27)26-16-10-11-17(26)13-19(12-16)30(28,29)18-4-2-1-3-5-18/h1-9,16-17,19H,10-13H2,(H,25,27)/t16-,17?,19?/m1/s1. The molecule has 5 nitrogen and oxygen atoms in total. The first-order chi connectivity index (χ1) is 14.2. The molecule has 0 saturated carbocycles. The Balaban J connectivity index is 1.46. The summed E-state index contributed by atoms with van der Waals surface area (Å²) in [5.41, 5.74) is -0.515. The molecule has 2 saturated heterocycles. The highest BCUT2D eigenvalue weighted by molar-refractivity contribution is 7.92. The van der Waals surface area contributed by atoms with E-state index in [2.05, 4.69) is 5.32 Å². The molecule has 4 rings (SSSR count). The fourth-order valence-electron chi connectivity index (χ4n) is 4.45. The molecule has 3 atom stereocenters. The quantitative estimate of drug-likeness (QED) is 0.755. The number of fused-ring (bicyclic) bond motifs is 2. The molecule has 30 heavy (non-hydrogen) atoms. The second kappa shape index (κ2) is 7.61. The maximum Gasteiger partial charge on any atom is 0.416 e. The van der Waals surface area contributed by atoms with E-state index in [1.54, 1.807) is 35.2 Å². The van der Waals surface area contributed by atoms with Gasteiger partial charge in [0.2, 0.25) is 0 Å². The van der Waals surface area contributed by atoms with Crippen molar-refractivity contribution < 1.29 is 26.4 Å². The molecular formula is C21H21F3N2O3S. The molecule has 2 fully saturated rings. The number of amides is 2. The van der Waals surface area contributed by atoms with Gasteiger partial charge in [0, 0.05) is 17.8 Å². The van der Waals surface area contributed by atoms with Crippen LogP contribution in [0.25, 0.3) is 0 Å². The monoisotopic (exact) mass is 438 g/mol. The van der Waals surface area contributed by atoms with Crippen LogP contribution in [0, 0.1) is 0 Å². The molecule has 2 bridgehead atoms. The number of alkyl halides is 3. The number of carbonyl (C=O) groups is 1. The Kier molecular flexibility index (Phi) is 5.25. The highest BCUT2D eigenvalue weighted by Gasteiger charge is 2.47. The number of nitrogens with zero attached hydrogens (tertiary/aromatic N) is 1. The number of piperidine rings is 1. The van der Waals surface area contributed by atoms with E-state index < -0.39 is 32.9 Å². The van der Waals surface area contributed by atoms with Crippen molar-refractivity contribution in [1.82, 2.24) is 4.90 Å². The van der Waals surface area contributed by atoms with E-state index in [1.807, 2.05) is 0 Å². The first-order valence-corrected chi connectivity index (χ1v) is 11.3. The number of anilines is 1. The van der Waals surface area contributed by atoms with E-state index in [0.29, 0.717) is 25.7 Å². The van der Waals surface area contributed by atoms with Crippen molar-refractivity contribution in [3.05, 3.63) is 60.2 Å². The zero-order valence-electron chi connectivity index (χ0n) is 16.0. The van der Waals surface area contributed by atoms with Crippen molar-refractivity contribution >= 4 is 21.6 Å². The Labute approximate surface area is 172 Å². The summed E-state index contributed by atoms with van der Waals surface area (Å²) in [5, 5.41) is 2.10. The largest absolute Gasteiger partial charge is 0.416 e. The van der Waals surface area contributed by atoms with Gasteiger partial charge in [0.15, 0.2) is 9.84 Å². The number of halogens is 3. The third-order valence-corrected chi connectivity index (χ3v) is 8.09. The van der Waals surface area contributed by atoms with Crippen LogP contribution in [0.1, 0.15) is 31.2 Å². The van der Waals surface area contributed by atoms with Gasteiger partial charge < -0.3 is 10.2 Å². The minimum atomic E-state index is -4.44. The molecule has 2 aromatic rings. The molecule has 1 N–H and O–H groups in total. The van der Waals surface area contributed by atoms with Gasteiger partial charge in [-0.25, -0.2) is 13.2 Å². The zero-order valence-corrected chi connectivity index (χ0v) is 16.8. The van der Waals surface area contributed by atoms with Gasteiger partial charge in [0.1, 0.15) is 0 Å². The van der Waals surface area contributed by atoms with Crippen LogP contribution < -0.4 is 5.32 Å². The van der Waals surface area contributed by atoms with E-state index >= 15 is 0 Å². The molecule has 9 heteroatoms. The van der Waals surface area contributed by atoms with Gasteiger partial charge in [0.05, 0.1) is 15.7 Å². The van der Waals surface area contributed by atoms with Crippen LogP contribution in [0.2, 0.25) is 0 Å². The van der Waals surface area contributed by atoms with Crippen LogP contribution in [0.3, 0.4) is 0 Å². The normalized spacial score (nSPS) is 24.0. The highest BCUT2D eigenvalue weighted by Crippen LogP contribution is 2.40. The van der Waals surface area contributed by atoms with E-state index in [0.717, 1.165) is 12.1 Å². The summed E-state index contributed by atoms with van der Waals surface area (Å²) in [6.07, 6.45) is -2.30. The zero-order chi connectivity index (χ0) is 21.5. The summed E-state index contributed by atoms with van der Waals surface area (Å²) in [6.45, 7) is 0. The number of urea groups is 1. The van der Waals surface area contributed by atoms with Gasteiger partial charge in [-0.05, 0) is 62.1 Å². The Morgan fingerprint density at radius 3 is 2.03 bits per heavy atom. The lowest BCUT2D eigenvalue weighted by Crippen LogP contribution is -2.51. The SMILES string of the molecule is O=C(Nc1ccc(C(F)(F)F)cc1)N1C2CC[C@@H]1CC(S(=O)(=O)c1ccccc1)C2. The molecule has 0 spiro atoms. The Morgan fingerprint density at radius 2 is 1.50 bits per heavy atom. The highest BCUT2D eigenvalue weighted by atomic mass is 32.2. The molecule has 2 aliphatic heterocycles. The number of rotatable bonds is 3. The average Bonchev–Trinajstić information content (AvgIpc) is 2.98. The number of hydrogen-bond donors (Lipinski definition) is 1. The first kappa shape index (κ1) is 20.7. The molecule has 0 radical (unpaired) electrons. The Morgan fingerprint density at radius 1 is 0.933 bits per heavy atom. The van der Waals surface area contributed by atoms with Gasteiger partial charge >= 0.3 is 12.2 Å². The van der Waals surface area contributed by atoms with Crippen LogP contribution in [-0.2, 0) is 16.0 Å². The third-order valence-electron chi connectivity index (χ3n) is 5.90. The van der Waals surface area contributed by atoms with Crippen molar-refractivity contribution in [1.29, 1.82) is 0 Å². The molecule has 2 heterocycles. The van der Waals surface area contributed by atoms with Gasteiger partial charge in [0.25, 0.3) is 0 Å². The lowest BCUT2D eigenvalue weighted by atomic mass is 10.0. The predicted octanol–water partition coefficient (Wildman–Crippen LogP) is 4.71. The number of carbonyl (C=O) groups excluding carboxylic acids is 1. The second-order valence-corrected chi connectivity index (χ2v) is 9.98. The number of benzene rings is 2. The van der Waals surface area contributed by atoms with E-state index in [-0.39, 0.29) is 22.7 Å². The van der Waals surface area contributed by atoms with Crippen LogP contribution >= 0.6 is 0 Å². The summed E-state index contributed by atoms with van der Waals surface area (Å²) in [4.78, 5) is 14.7. The fraction of sp³-hybridized carbons (Fsp3) is 0.381. The molecule has 2 unspecified atom stereocenters. The van der Waals surface area contributed by atoms with E-state index in [1.165, 1.54) is 12.1 Å². The van der Waals surface area contributed by atoms with Crippen molar-refractivity contribution in [2.24, 2.45) is 0 Å². The van der Waals surface area contributed by atoms with E-state index in [9.17, 15) is 26.4 Å². The molecule has 2 amide bonds. The first-order valence-electron chi connectivity index (χ1n) is 9.72. The number of nitrogens with one attached hydrogen (secondary N) is 1. The Bertz CT molecular complexity index is 1010. The van der Waals surface area contributed by atoms with Crippen LogP contribution in [0.5, 0.6) is 0 Å². The predicted molar refractivity (Wildman–Crippen MR) is 106 cm³/mol. The van der Waals surface area contributed by atoms with Gasteiger partial charge in [-0.1, -0.05) is 18.2 Å². The van der Waals surface area contributed by atoms with Crippen molar-refractivity contribution in [2.45, 2.75) is 54.1 Å². The summed E-state index contributed by atoms with van der Waals surface area (Å²) in [7, 11) is -3.48. The van der Waals surface area contributed by atoms with Gasteiger partial charge in [-0.15, -0.1) is 0 Å². The molecule has 2 aliphatic rings. The molecular weight excluding hydrogens is 417 g/mol. The van der Waals surface area contributed by atoms with Crippen LogP contribution in [0.15, 0.2) is 59.5 Å². The molecule has 0 aliphatic carbocycles. The fourth-order valence-corrected chi connectivity index (χ4v) is 6.32. The van der Waals surface area contributed by atoms with Crippen molar-refractivity contribution in [3.63, 3.8) is 0 Å². The Hall–Kier alpha value is -2.55. The summed E-state index contributed by atoms with van der Waals surface area (Å²) in [6, 6.07) is 11.8. The smallest absolute Gasteiger partial charge is 0.318 e. The summed E-state index contributed by atoms with van der Waals surface area (Å²) < 4.78 is 64.0. The minimum Gasteiger partial charge on any atom is -0.318 e. The molecule has 160 valence electrons. The maximum atomic E-state index is 13.0. The van der Waals surface area contributed by atoms with Crippen LogP contribution in [0.4, 0.5) is 23.7 Å². The third kappa shape index (κ3) is 3.90. The summed E-state index contributed by atoms with van der Waals surface area (Å²) >= 11 is 0. The topological polar surface area (TPSA) is 66.5 Å². The van der Waals surface area contributed by atoms with E-state index in [4.69, 9.17) is 0 Å². The summed E-state index contributed by atoms with van der Waals surface area (Å²) in [5.74, 6) is 0. The number of sulfone groups is 1. The average molecular weight is 438 g/mol. The molecule has 2 aromatic carbocycles. The van der Waals surface area contributed by atoms with Crippen LogP contribution in [-0.4, -0.2) is 36.7 Å². The van der Waals surface area contributed by atoms with Gasteiger partial charge in [-0.3, -0.25) is 0 Å². The van der Waals surface area contributed by atoms with Crippen molar-refractivity contribution in [3.8, 4) is 0 Å². The number of hydrogen-bond acceptors (Lipinski definition) is 3.